The monoisotopic (exact) mass is 394 g/mol. The van der Waals surface area contributed by atoms with E-state index in [2.05, 4.69) is 0 Å². The lowest BCUT2D eigenvalue weighted by Gasteiger charge is -2.40. The van der Waals surface area contributed by atoms with E-state index < -0.39 is 14.2 Å². The number of sulfone groups is 1. The molecule has 3 nitrogen and oxygen atoms in total. The molecule has 0 fully saturated rings. The van der Waals surface area contributed by atoms with Crippen LogP contribution in [0.4, 0.5) is 0 Å². The largest absolute Gasteiger partial charge is 0.392 e. The van der Waals surface area contributed by atoms with Crippen molar-refractivity contribution >= 4 is 44.2 Å². The average molecular weight is 395 g/mol. The van der Waals surface area contributed by atoms with E-state index in [-0.39, 0.29) is 11.5 Å². The number of allylic oxidation sites excluding steroid dienone is 3. The predicted molar refractivity (Wildman–Crippen MR) is 102 cm³/mol. The zero-order valence-corrected chi connectivity index (χ0v) is 15.7. The summed E-state index contributed by atoms with van der Waals surface area (Å²) in [6, 6.07) is 16.1. The second-order valence-electron chi connectivity index (χ2n) is 5.79. The fourth-order valence-electron chi connectivity index (χ4n) is 2.94. The highest BCUT2D eigenvalue weighted by molar-refractivity contribution is 7.90. The molecule has 0 saturated heterocycles. The summed E-state index contributed by atoms with van der Waals surface area (Å²) >= 11 is 13.1. The van der Waals surface area contributed by atoms with Crippen molar-refractivity contribution in [2.45, 2.75) is 9.23 Å². The smallest absolute Gasteiger partial charge is 0.175 e. The van der Waals surface area contributed by atoms with Crippen molar-refractivity contribution < 1.29 is 13.5 Å². The van der Waals surface area contributed by atoms with Crippen molar-refractivity contribution in [1.29, 1.82) is 0 Å². The summed E-state index contributed by atoms with van der Waals surface area (Å²) in [4.78, 5) is 0.235. The minimum atomic E-state index is -3.27. The Labute approximate surface area is 157 Å². The molecule has 0 radical (unpaired) electrons. The number of benzene rings is 2. The van der Waals surface area contributed by atoms with Crippen LogP contribution >= 0.6 is 23.2 Å². The lowest BCUT2D eigenvalue weighted by Crippen LogP contribution is -2.31. The first-order chi connectivity index (χ1) is 11.8. The topological polar surface area (TPSA) is 54.4 Å². The number of aliphatic hydroxyl groups is 1. The zero-order chi connectivity index (χ0) is 18.2. The highest BCUT2D eigenvalue weighted by Gasteiger charge is 2.47. The third-order valence-electron chi connectivity index (χ3n) is 4.10. The standard InChI is InChI=1S/C19H16Cl2O3S/c1-25(23,24)15-9-7-14(8-10-15)18-17(13-5-3-2-4-6-13)16(11-12-22)19(18,20)21/h2-11,22H,12H2,1H3. The van der Waals surface area contributed by atoms with Gasteiger partial charge in [0.05, 0.1) is 11.5 Å². The van der Waals surface area contributed by atoms with E-state index in [1.54, 1.807) is 18.2 Å². The minimum absolute atomic E-state index is 0.173. The Kier molecular flexibility index (Phi) is 4.82. The van der Waals surface area contributed by atoms with Crippen LogP contribution in [-0.2, 0) is 9.84 Å². The van der Waals surface area contributed by atoms with Crippen molar-refractivity contribution in [2.24, 2.45) is 0 Å². The van der Waals surface area contributed by atoms with Crippen LogP contribution in [0, 0.1) is 0 Å². The van der Waals surface area contributed by atoms with Crippen LogP contribution in [0.3, 0.4) is 0 Å². The molecule has 0 atom stereocenters. The van der Waals surface area contributed by atoms with Gasteiger partial charge in [0, 0.05) is 11.8 Å². The molecule has 0 amide bonds. The quantitative estimate of drug-likeness (QED) is 0.793. The molecule has 0 saturated carbocycles. The van der Waals surface area contributed by atoms with E-state index in [9.17, 15) is 13.5 Å². The number of halogens is 2. The fourth-order valence-corrected chi connectivity index (χ4v) is 4.32. The highest BCUT2D eigenvalue weighted by atomic mass is 35.5. The van der Waals surface area contributed by atoms with Gasteiger partial charge in [-0.15, -0.1) is 0 Å². The van der Waals surface area contributed by atoms with E-state index in [0.717, 1.165) is 23.0 Å². The van der Waals surface area contributed by atoms with Gasteiger partial charge in [-0.05, 0) is 34.4 Å². The van der Waals surface area contributed by atoms with Crippen LogP contribution in [0.1, 0.15) is 11.1 Å². The van der Waals surface area contributed by atoms with Gasteiger partial charge in [-0.25, -0.2) is 8.42 Å². The molecule has 3 rings (SSSR count). The van der Waals surface area contributed by atoms with Crippen molar-refractivity contribution in [3.63, 3.8) is 0 Å². The molecule has 0 heterocycles. The maximum Gasteiger partial charge on any atom is 0.175 e. The summed E-state index contributed by atoms with van der Waals surface area (Å²) in [7, 11) is -3.27. The van der Waals surface area contributed by atoms with Gasteiger partial charge in [0.1, 0.15) is 0 Å². The molecule has 25 heavy (non-hydrogen) atoms. The first kappa shape index (κ1) is 18.2. The van der Waals surface area contributed by atoms with Crippen LogP contribution in [0.15, 0.2) is 71.1 Å². The van der Waals surface area contributed by atoms with E-state index >= 15 is 0 Å². The third kappa shape index (κ3) is 3.27. The van der Waals surface area contributed by atoms with Crippen LogP contribution in [-0.4, -0.2) is 30.7 Å². The normalized spacial score (nSPS) is 18.3. The molecule has 1 aliphatic carbocycles. The Hall–Kier alpha value is -1.59. The van der Waals surface area contributed by atoms with Gasteiger partial charge >= 0.3 is 0 Å². The van der Waals surface area contributed by atoms with Crippen molar-refractivity contribution in [3.8, 4) is 0 Å². The Morgan fingerprint density at radius 2 is 1.60 bits per heavy atom. The molecule has 0 spiro atoms. The Bertz CT molecular complexity index is 957. The van der Waals surface area contributed by atoms with Gasteiger partial charge in [-0.3, -0.25) is 0 Å². The second-order valence-corrected chi connectivity index (χ2v) is 9.13. The molecular weight excluding hydrogens is 379 g/mol. The van der Waals surface area contributed by atoms with E-state index in [1.807, 2.05) is 30.3 Å². The van der Waals surface area contributed by atoms with Gasteiger partial charge in [0.15, 0.2) is 14.2 Å². The number of hydrogen-bond acceptors (Lipinski definition) is 3. The summed E-state index contributed by atoms with van der Waals surface area (Å²) in [5.74, 6) is 0. The Balaban J connectivity index is 2.19. The van der Waals surface area contributed by atoms with Gasteiger partial charge in [-0.1, -0.05) is 71.7 Å². The zero-order valence-electron chi connectivity index (χ0n) is 13.4. The van der Waals surface area contributed by atoms with Crippen molar-refractivity contribution in [3.05, 3.63) is 77.4 Å². The van der Waals surface area contributed by atoms with Gasteiger partial charge in [-0.2, -0.15) is 0 Å². The molecule has 1 N–H and O–H groups in total. The van der Waals surface area contributed by atoms with Crippen molar-refractivity contribution in [2.75, 3.05) is 12.9 Å². The molecule has 2 aromatic carbocycles. The van der Waals surface area contributed by atoms with E-state index in [1.165, 1.54) is 12.1 Å². The molecule has 2 aromatic rings. The molecule has 1 aliphatic rings. The van der Waals surface area contributed by atoms with Crippen molar-refractivity contribution in [1.82, 2.24) is 0 Å². The third-order valence-corrected chi connectivity index (χ3v) is 6.01. The van der Waals surface area contributed by atoms with Gasteiger partial charge < -0.3 is 5.11 Å². The molecule has 0 bridgehead atoms. The predicted octanol–water partition coefficient (Wildman–Crippen LogP) is 4.11. The number of alkyl halides is 2. The average Bonchev–Trinajstić information content (AvgIpc) is 2.57. The van der Waals surface area contributed by atoms with Crippen LogP contribution < -0.4 is 0 Å². The first-order valence-corrected chi connectivity index (χ1v) is 10.2. The Morgan fingerprint density at radius 1 is 1.00 bits per heavy atom. The fraction of sp³-hybridized carbons (Fsp3) is 0.158. The SMILES string of the molecule is CS(=O)(=O)c1ccc(C2=C(c3ccccc3)C(=CCO)C2(Cl)Cl)cc1. The summed E-state index contributed by atoms with van der Waals surface area (Å²) in [6.07, 6.45) is 2.76. The minimum Gasteiger partial charge on any atom is -0.392 e. The van der Waals surface area contributed by atoms with Gasteiger partial charge in [0.25, 0.3) is 0 Å². The molecular formula is C19H16Cl2O3S. The molecule has 0 aliphatic heterocycles. The number of hydrogen-bond donors (Lipinski definition) is 1. The van der Waals surface area contributed by atoms with Gasteiger partial charge in [0.2, 0.25) is 0 Å². The van der Waals surface area contributed by atoms with E-state index in [0.29, 0.717) is 11.1 Å². The van der Waals surface area contributed by atoms with Crippen LogP contribution in [0.5, 0.6) is 0 Å². The maximum absolute atomic E-state index is 11.6. The lowest BCUT2D eigenvalue weighted by atomic mass is 9.74. The Morgan fingerprint density at radius 3 is 2.12 bits per heavy atom. The number of aliphatic hydroxyl groups excluding tert-OH is 1. The summed E-state index contributed by atoms with van der Waals surface area (Å²) in [5.41, 5.74) is 3.87. The molecule has 6 heteroatoms. The van der Waals surface area contributed by atoms with Crippen LogP contribution in [0.25, 0.3) is 11.1 Å². The number of rotatable bonds is 4. The molecule has 0 aromatic heterocycles. The van der Waals surface area contributed by atoms with E-state index in [4.69, 9.17) is 23.2 Å². The summed E-state index contributed by atoms with van der Waals surface area (Å²) in [6.45, 7) is -0.173. The maximum atomic E-state index is 11.6. The summed E-state index contributed by atoms with van der Waals surface area (Å²) in [5, 5.41) is 9.30. The highest BCUT2D eigenvalue weighted by Crippen LogP contribution is 2.60. The molecule has 0 unspecified atom stereocenters. The lowest BCUT2D eigenvalue weighted by molar-refractivity contribution is 0.342. The summed E-state index contributed by atoms with van der Waals surface area (Å²) < 4.78 is 22.0. The van der Waals surface area contributed by atoms with Crippen LogP contribution in [0.2, 0.25) is 0 Å². The second kappa shape index (κ2) is 6.61. The first-order valence-electron chi connectivity index (χ1n) is 7.57. The molecule has 130 valence electrons.